The number of carbonyl (C=O) groups excluding carboxylic acids is 3. The summed E-state index contributed by atoms with van der Waals surface area (Å²) in [6, 6.07) is 0. The van der Waals surface area contributed by atoms with Gasteiger partial charge in [0, 0.05) is 36.9 Å². The number of methoxy groups -OCH3 is 1. The van der Waals surface area contributed by atoms with Crippen LogP contribution in [0.1, 0.15) is 66.2 Å². The number of allylic oxidation sites excluding steroid dienone is 4. The van der Waals surface area contributed by atoms with Gasteiger partial charge in [-0.05, 0) is 63.0 Å². The van der Waals surface area contributed by atoms with Gasteiger partial charge in [-0.15, -0.1) is 0 Å². The summed E-state index contributed by atoms with van der Waals surface area (Å²) in [5.74, 6) is -2.43. The summed E-state index contributed by atoms with van der Waals surface area (Å²) < 4.78 is 32.6. The quantitative estimate of drug-likeness (QED) is 0.449. The molecule has 0 bridgehead atoms. The summed E-state index contributed by atoms with van der Waals surface area (Å²) in [4.78, 5) is 37.8. The lowest BCUT2D eigenvalue weighted by Crippen LogP contribution is -2.69. The average Bonchev–Trinajstić information content (AvgIpc) is 3.07. The first-order chi connectivity index (χ1) is 17.8. The van der Waals surface area contributed by atoms with Crippen LogP contribution in [-0.2, 0) is 23.8 Å². The highest BCUT2D eigenvalue weighted by molar-refractivity contribution is 6.01. The van der Waals surface area contributed by atoms with Gasteiger partial charge >= 0.3 is 6.16 Å². The number of aliphatic hydroxyl groups excluding tert-OH is 1. The van der Waals surface area contributed by atoms with Gasteiger partial charge < -0.3 is 24.4 Å². The van der Waals surface area contributed by atoms with E-state index in [0.717, 1.165) is 0 Å². The molecule has 3 saturated carbocycles. The lowest BCUT2D eigenvalue weighted by molar-refractivity contribution is -0.219. The second-order valence-electron chi connectivity index (χ2n) is 12.1. The molecule has 4 aliphatic rings. The number of hydrogen-bond acceptors (Lipinski definition) is 8. The van der Waals surface area contributed by atoms with Crippen LogP contribution in [0.4, 0.5) is 9.18 Å². The van der Waals surface area contributed by atoms with Crippen LogP contribution in [0.25, 0.3) is 0 Å². The number of Topliss-reactive ketones (excluding diaryl/α,β-unsaturated/α-hetero) is 1. The summed E-state index contributed by atoms with van der Waals surface area (Å²) >= 11 is 0. The predicted octanol–water partition coefficient (Wildman–Crippen LogP) is 3.87. The molecule has 212 valence electrons. The molecule has 1 unspecified atom stereocenters. The third kappa shape index (κ3) is 4.07. The number of ether oxygens (including phenoxy) is 3. The zero-order chi connectivity index (χ0) is 28.1. The minimum Gasteiger partial charge on any atom is -0.431 e. The Morgan fingerprint density at radius 1 is 1.26 bits per heavy atom. The Kier molecular flexibility index (Phi) is 7.71. The SMILES string of the molecule is CCC(CCOC)OC(=O)OCC(=O)[C@@]1(O)[C@H](C)C[C@H]2[C@@H]3CCC4=CC(=O)C=C[C@]4(C)[C@@]3(F)[C@@H](O)C[C@@]21C. The third-order valence-corrected chi connectivity index (χ3v) is 10.3. The van der Waals surface area contributed by atoms with Gasteiger partial charge in [0.15, 0.2) is 18.1 Å². The molecule has 0 aromatic heterocycles. The molecule has 3 fully saturated rings. The highest BCUT2D eigenvalue weighted by Gasteiger charge is 2.75. The van der Waals surface area contributed by atoms with Crippen LogP contribution < -0.4 is 0 Å². The van der Waals surface area contributed by atoms with Gasteiger partial charge in [-0.3, -0.25) is 9.59 Å². The van der Waals surface area contributed by atoms with Gasteiger partial charge in [0.05, 0.1) is 6.10 Å². The summed E-state index contributed by atoms with van der Waals surface area (Å²) in [5, 5.41) is 23.4. The number of halogens is 1. The normalized spacial score (nSPS) is 42.4. The smallest absolute Gasteiger partial charge is 0.431 e. The Hall–Kier alpha value is -2.10. The molecule has 8 nitrogen and oxygen atoms in total. The molecular weight excluding hydrogens is 495 g/mol. The zero-order valence-corrected chi connectivity index (χ0v) is 23.0. The first-order valence-electron chi connectivity index (χ1n) is 13.7. The van der Waals surface area contributed by atoms with Crippen LogP contribution in [0.3, 0.4) is 0 Å². The zero-order valence-electron chi connectivity index (χ0n) is 23.0. The van der Waals surface area contributed by atoms with E-state index in [1.807, 2.05) is 6.92 Å². The Morgan fingerprint density at radius 3 is 2.63 bits per heavy atom. The van der Waals surface area contributed by atoms with Crippen molar-refractivity contribution in [3.05, 3.63) is 23.8 Å². The monoisotopic (exact) mass is 536 g/mol. The molecule has 0 amide bonds. The fourth-order valence-corrected chi connectivity index (χ4v) is 8.14. The van der Waals surface area contributed by atoms with Crippen molar-refractivity contribution in [3.8, 4) is 0 Å². The van der Waals surface area contributed by atoms with Crippen molar-refractivity contribution in [1.82, 2.24) is 0 Å². The standard InChI is InChI=1S/C29H41FO8/c1-6-20(10-12-36-5)38-25(34)37-16-24(33)29(35)17(2)13-22-21-8-7-18-14-19(31)9-11-26(18,3)28(21,30)23(32)15-27(22,29)4/h9,11,14,17,20-23,32,35H,6-8,10,12-13,15-16H2,1-5H3/t17-,20?,21+,22+,23+,26+,27+,28+,29+/m1/s1. The van der Waals surface area contributed by atoms with Crippen LogP contribution in [0.15, 0.2) is 23.8 Å². The third-order valence-electron chi connectivity index (χ3n) is 10.3. The second kappa shape index (κ2) is 10.1. The Morgan fingerprint density at radius 2 is 1.97 bits per heavy atom. The molecule has 9 atom stereocenters. The lowest BCUT2D eigenvalue weighted by atomic mass is 9.44. The van der Waals surface area contributed by atoms with E-state index in [2.05, 4.69) is 0 Å². The van der Waals surface area contributed by atoms with Crippen molar-refractivity contribution < 1.29 is 43.2 Å². The maximum absolute atomic E-state index is 17.2. The molecule has 0 aliphatic heterocycles. The van der Waals surface area contributed by atoms with Gasteiger partial charge in [0.2, 0.25) is 5.78 Å². The highest BCUT2D eigenvalue weighted by atomic mass is 19.1. The van der Waals surface area contributed by atoms with Gasteiger partial charge in [-0.25, -0.2) is 9.18 Å². The molecule has 0 radical (unpaired) electrons. The van der Waals surface area contributed by atoms with Crippen LogP contribution in [0, 0.1) is 28.6 Å². The first kappa shape index (κ1) is 28.9. The number of carbonyl (C=O) groups is 3. The summed E-state index contributed by atoms with van der Waals surface area (Å²) in [6.45, 7) is 6.80. The average molecular weight is 537 g/mol. The maximum Gasteiger partial charge on any atom is 0.508 e. The molecule has 0 heterocycles. The van der Waals surface area contributed by atoms with E-state index in [-0.39, 0.29) is 12.2 Å². The van der Waals surface area contributed by atoms with Gasteiger partial charge in [0.25, 0.3) is 0 Å². The van der Waals surface area contributed by atoms with Crippen molar-refractivity contribution in [2.45, 2.75) is 89.7 Å². The van der Waals surface area contributed by atoms with E-state index < -0.39 is 70.6 Å². The molecule has 0 aromatic rings. The number of aliphatic hydroxyl groups is 2. The molecule has 2 N–H and O–H groups in total. The molecule has 0 saturated heterocycles. The highest BCUT2D eigenvalue weighted by Crippen LogP contribution is 2.70. The summed E-state index contributed by atoms with van der Waals surface area (Å²) in [5.41, 5.74) is -5.58. The molecule has 0 spiro atoms. The molecule has 4 rings (SSSR count). The molecular formula is C29H41FO8. The van der Waals surface area contributed by atoms with E-state index in [1.165, 1.54) is 12.2 Å². The number of rotatable bonds is 8. The minimum atomic E-state index is -2.05. The molecule has 4 aliphatic carbocycles. The van der Waals surface area contributed by atoms with E-state index in [0.29, 0.717) is 44.3 Å². The number of alkyl halides is 1. The van der Waals surface area contributed by atoms with Crippen LogP contribution in [-0.4, -0.2) is 71.7 Å². The van der Waals surface area contributed by atoms with Gasteiger partial charge in [-0.1, -0.05) is 32.4 Å². The van der Waals surface area contributed by atoms with Crippen molar-refractivity contribution >= 4 is 17.7 Å². The fraction of sp³-hybridized carbons (Fsp3) is 0.759. The second-order valence-corrected chi connectivity index (χ2v) is 12.1. The van der Waals surface area contributed by atoms with Crippen molar-refractivity contribution in [1.29, 1.82) is 0 Å². The largest absolute Gasteiger partial charge is 0.508 e. The Balaban J connectivity index is 1.55. The maximum atomic E-state index is 17.2. The fourth-order valence-electron chi connectivity index (χ4n) is 8.14. The van der Waals surface area contributed by atoms with Gasteiger partial charge in [0.1, 0.15) is 11.7 Å². The topological polar surface area (TPSA) is 119 Å². The van der Waals surface area contributed by atoms with E-state index in [1.54, 1.807) is 34.0 Å². The minimum absolute atomic E-state index is 0.138. The number of ketones is 2. The summed E-state index contributed by atoms with van der Waals surface area (Å²) in [6.07, 6.45) is 3.71. The van der Waals surface area contributed by atoms with Crippen molar-refractivity contribution in [2.24, 2.45) is 28.6 Å². The van der Waals surface area contributed by atoms with Gasteiger partial charge in [-0.2, -0.15) is 0 Å². The van der Waals surface area contributed by atoms with Crippen LogP contribution in [0.5, 0.6) is 0 Å². The molecule has 0 aromatic carbocycles. The lowest BCUT2D eigenvalue weighted by Gasteiger charge is -2.62. The Labute approximate surface area is 223 Å². The van der Waals surface area contributed by atoms with E-state index >= 15 is 4.39 Å². The van der Waals surface area contributed by atoms with Crippen LogP contribution in [0.2, 0.25) is 0 Å². The first-order valence-corrected chi connectivity index (χ1v) is 13.7. The van der Waals surface area contributed by atoms with Crippen molar-refractivity contribution in [2.75, 3.05) is 20.3 Å². The van der Waals surface area contributed by atoms with E-state index in [4.69, 9.17) is 14.2 Å². The number of fused-ring (bicyclic) bond motifs is 5. The van der Waals surface area contributed by atoms with E-state index in [9.17, 15) is 24.6 Å². The summed E-state index contributed by atoms with van der Waals surface area (Å²) in [7, 11) is 1.55. The molecule has 38 heavy (non-hydrogen) atoms. The Bertz CT molecular complexity index is 1040. The predicted molar refractivity (Wildman–Crippen MR) is 136 cm³/mol. The number of hydrogen-bond donors (Lipinski definition) is 2. The van der Waals surface area contributed by atoms with Crippen LogP contribution >= 0.6 is 0 Å². The molecule has 9 heteroatoms. The van der Waals surface area contributed by atoms with Crippen molar-refractivity contribution in [3.63, 3.8) is 0 Å².